The van der Waals surface area contributed by atoms with E-state index in [2.05, 4.69) is 20.3 Å². The van der Waals surface area contributed by atoms with Gasteiger partial charge in [-0.25, -0.2) is 15.0 Å². The maximum absolute atomic E-state index is 9.77. The summed E-state index contributed by atoms with van der Waals surface area (Å²) in [5.41, 5.74) is 1.15. The number of fused-ring (bicyclic) bond motifs is 1. The fourth-order valence-electron chi connectivity index (χ4n) is 1.74. The monoisotopic (exact) mass is 276 g/mol. The number of phenols is 1. The Kier molecular flexibility index (Phi) is 2.92. The van der Waals surface area contributed by atoms with E-state index in [1.54, 1.807) is 18.2 Å². The second-order valence-electron chi connectivity index (χ2n) is 3.85. The Hall–Kier alpha value is -2.34. The highest BCUT2D eigenvalue weighted by Gasteiger charge is 2.09. The van der Waals surface area contributed by atoms with E-state index in [9.17, 15) is 5.11 Å². The molecule has 0 fully saturated rings. The third-order valence-corrected chi connectivity index (χ3v) is 2.77. The summed E-state index contributed by atoms with van der Waals surface area (Å²) < 4.78 is 4.88. The smallest absolute Gasteiger partial charge is 0.225 e. The molecule has 0 saturated heterocycles. The quantitative estimate of drug-likeness (QED) is 0.715. The van der Waals surface area contributed by atoms with Crippen molar-refractivity contribution in [2.24, 2.45) is 0 Å². The van der Waals surface area contributed by atoms with Crippen LogP contribution in [0.25, 0.3) is 10.9 Å². The van der Waals surface area contributed by atoms with Crippen molar-refractivity contribution in [3.8, 4) is 5.75 Å². The molecule has 0 bridgehead atoms. The number of phenolic OH excluding ortho intramolecular Hbond substituents is 1. The van der Waals surface area contributed by atoms with E-state index in [-0.39, 0.29) is 11.0 Å². The Morgan fingerprint density at radius 1 is 1.32 bits per heavy atom. The number of benzene rings is 1. The van der Waals surface area contributed by atoms with Crippen molar-refractivity contribution < 1.29 is 9.52 Å². The molecule has 0 radical (unpaired) electrons. The Bertz CT molecular complexity index is 715. The molecule has 3 rings (SSSR count). The molecule has 2 aromatic heterocycles. The molecule has 0 amide bonds. The van der Waals surface area contributed by atoms with Crippen LogP contribution in [-0.2, 0) is 6.54 Å². The van der Waals surface area contributed by atoms with E-state index in [0.29, 0.717) is 23.3 Å². The van der Waals surface area contributed by atoms with Gasteiger partial charge in [0.25, 0.3) is 0 Å². The second kappa shape index (κ2) is 4.74. The summed E-state index contributed by atoms with van der Waals surface area (Å²) in [6.45, 7) is 0.439. The first kappa shape index (κ1) is 11.7. The summed E-state index contributed by atoms with van der Waals surface area (Å²) in [5.74, 6) is 0.597. The number of aromatic hydroxyl groups is 1. The van der Waals surface area contributed by atoms with Crippen molar-refractivity contribution in [2.45, 2.75) is 6.54 Å². The van der Waals surface area contributed by atoms with Crippen molar-refractivity contribution in [1.29, 1.82) is 0 Å². The molecule has 7 heteroatoms. The minimum Gasteiger partial charge on any atom is -0.506 e. The van der Waals surface area contributed by atoms with Crippen LogP contribution in [0.4, 0.5) is 5.82 Å². The van der Waals surface area contributed by atoms with E-state index in [1.165, 1.54) is 12.7 Å². The van der Waals surface area contributed by atoms with Crippen LogP contribution in [0, 0.1) is 0 Å². The van der Waals surface area contributed by atoms with Gasteiger partial charge in [0.2, 0.25) is 5.28 Å². The average molecular weight is 277 g/mol. The van der Waals surface area contributed by atoms with Crippen LogP contribution in [-0.4, -0.2) is 20.1 Å². The number of anilines is 1. The number of oxazole rings is 1. The minimum absolute atomic E-state index is 0.0614. The van der Waals surface area contributed by atoms with Gasteiger partial charge in [-0.3, -0.25) is 0 Å². The van der Waals surface area contributed by atoms with E-state index < -0.39 is 0 Å². The lowest BCUT2D eigenvalue weighted by Gasteiger charge is -2.08. The summed E-state index contributed by atoms with van der Waals surface area (Å²) >= 11 is 5.85. The zero-order valence-corrected chi connectivity index (χ0v) is 10.4. The van der Waals surface area contributed by atoms with Gasteiger partial charge in [0, 0.05) is 5.39 Å². The van der Waals surface area contributed by atoms with Crippen LogP contribution in [0.5, 0.6) is 5.75 Å². The van der Waals surface area contributed by atoms with Gasteiger partial charge in [-0.05, 0) is 23.7 Å². The highest BCUT2D eigenvalue weighted by molar-refractivity contribution is 6.28. The molecular weight excluding hydrogens is 268 g/mol. The largest absolute Gasteiger partial charge is 0.506 e. The van der Waals surface area contributed by atoms with E-state index in [1.807, 2.05) is 0 Å². The van der Waals surface area contributed by atoms with Gasteiger partial charge in [0.15, 0.2) is 6.39 Å². The van der Waals surface area contributed by atoms with Gasteiger partial charge < -0.3 is 14.8 Å². The van der Waals surface area contributed by atoms with Crippen LogP contribution >= 0.6 is 11.6 Å². The lowest BCUT2D eigenvalue weighted by atomic mass is 10.2. The van der Waals surface area contributed by atoms with Gasteiger partial charge in [0.1, 0.15) is 23.3 Å². The summed E-state index contributed by atoms with van der Waals surface area (Å²) in [6, 6.07) is 5.07. The molecule has 0 unspecified atom stereocenters. The summed E-state index contributed by atoms with van der Waals surface area (Å²) in [5, 5.41) is 13.6. The summed E-state index contributed by atoms with van der Waals surface area (Å²) in [7, 11) is 0. The predicted molar refractivity (Wildman–Crippen MR) is 70.0 cm³/mol. The van der Waals surface area contributed by atoms with Crippen molar-refractivity contribution >= 4 is 28.3 Å². The molecule has 0 spiro atoms. The SMILES string of the molecule is Oc1cccc2c(NCc3cocn3)nc(Cl)nc12. The fourth-order valence-corrected chi connectivity index (χ4v) is 1.91. The molecule has 96 valence electrons. The first-order chi connectivity index (χ1) is 9.24. The number of para-hydroxylation sites is 1. The molecule has 0 saturated carbocycles. The molecule has 0 aliphatic heterocycles. The molecule has 19 heavy (non-hydrogen) atoms. The van der Waals surface area contributed by atoms with Crippen LogP contribution in [0.2, 0.25) is 5.28 Å². The molecule has 1 aromatic carbocycles. The standard InChI is InChI=1S/C12H9ClN4O2/c13-12-16-10-8(2-1-3-9(10)18)11(17-12)14-4-7-5-19-6-15-7/h1-3,5-6,18H,4H2,(H,14,16,17). The molecule has 0 aliphatic rings. The van der Waals surface area contributed by atoms with Crippen molar-refractivity contribution in [2.75, 3.05) is 5.32 Å². The van der Waals surface area contributed by atoms with Crippen LogP contribution < -0.4 is 5.32 Å². The van der Waals surface area contributed by atoms with Crippen molar-refractivity contribution in [3.05, 3.63) is 41.8 Å². The van der Waals surface area contributed by atoms with Crippen LogP contribution in [0.3, 0.4) is 0 Å². The van der Waals surface area contributed by atoms with E-state index in [4.69, 9.17) is 16.0 Å². The molecule has 0 atom stereocenters. The topological polar surface area (TPSA) is 84.1 Å². The first-order valence-electron chi connectivity index (χ1n) is 5.50. The highest BCUT2D eigenvalue weighted by atomic mass is 35.5. The zero-order chi connectivity index (χ0) is 13.2. The third-order valence-electron chi connectivity index (χ3n) is 2.60. The number of hydrogen-bond acceptors (Lipinski definition) is 6. The molecule has 0 aliphatic carbocycles. The molecule has 2 N–H and O–H groups in total. The normalized spacial score (nSPS) is 10.8. The van der Waals surface area contributed by atoms with E-state index >= 15 is 0 Å². The second-order valence-corrected chi connectivity index (χ2v) is 4.19. The number of rotatable bonds is 3. The lowest BCUT2D eigenvalue weighted by Crippen LogP contribution is -2.03. The number of nitrogens with zero attached hydrogens (tertiary/aromatic N) is 3. The Morgan fingerprint density at radius 3 is 3.00 bits per heavy atom. The number of aromatic nitrogens is 3. The van der Waals surface area contributed by atoms with Gasteiger partial charge >= 0.3 is 0 Å². The predicted octanol–water partition coefficient (Wildman–Crippen LogP) is 2.59. The number of nitrogens with one attached hydrogen (secondary N) is 1. The number of hydrogen-bond donors (Lipinski definition) is 2. The van der Waals surface area contributed by atoms with Crippen LogP contribution in [0.15, 0.2) is 35.3 Å². The fraction of sp³-hybridized carbons (Fsp3) is 0.0833. The van der Waals surface area contributed by atoms with Crippen LogP contribution in [0.1, 0.15) is 5.69 Å². The first-order valence-corrected chi connectivity index (χ1v) is 5.88. The Labute approximate surface area is 113 Å². The van der Waals surface area contributed by atoms with Gasteiger partial charge in [-0.15, -0.1) is 0 Å². The third kappa shape index (κ3) is 2.30. The van der Waals surface area contributed by atoms with E-state index in [0.717, 1.165) is 5.69 Å². The number of halogens is 1. The average Bonchev–Trinajstić information content (AvgIpc) is 2.90. The maximum Gasteiger partial charge on any atom is 0.225 e. The van der Waals surface area contributed by atoms with Gasteiger partial charge in [-0.2, -0.15) is 0 Å². The molecule has 6 nitrogen and oxygen atoms in total. The maximum atomic E-state index is 9.77. The summed E-state index contributed by atoms with van der Waals surface area (Å²) in [4.78, 5) is 12.1. The van der Waals surface area contributed by atoms with Crippen molar-refractivity contribution in [3.63, 3.8) is 0 Å². The Balaban J connectivity index is 2.00. The zero-order valence-electron chi connectivity index (χ0n) is 9.67. The lowest BCUT2D eigenvalue weighted by molar-refractivity contribution is 0.480. The minimum atomic E-state index is 0.0614. The molecule has 2 heterocycles. The Morgan fingerprint density at radius 2 is 2.21 bits per heavy atom. The highest BCUT2D eigenvalue weighted by Crippen LogP contribution is 2.28. The molecular formula is C12H9ClN4O2. The summed E-state index contributed by atoms with van der Waals surface area (Å²) in [6.07, 6.45) is 2.89. The van der Waals surface area contributed by atoms with Gasteiger partial charge in [-0.1, -0.05) is 6.07 Å². The van der Waals surface area contributed by atoms with Crippen molar-refractivity contribution in [1.82, 2.24) is 15.0 Å². The van der Waals surface area contributed by atoms with Gasteiger partial charge in [0.05, 0.1) is 12.2 Å². The molecule has 3 aromatic rings.